The monoisotopic (exact) mass is 742 g/mol. The highest BCUT2D eigenvalue weighted by molar-refractivity contribution is 7.23. The number of fused-ring (bicyclic) bond motifs is 6. The van der Waals surface area contributed by atoms with E-state index in [0.717, 1.165) is 86.0 Å². The van der Waals surface area contributed by atoms with Crippen LogP contribution in [0.4, 0.5) is 26.3 Å². The second-order valence-corrected chi connectivity index (χ2v) is 16.3. The Morgan fingerprint density at radius 2 is 0.560 bits per heavy atom. The Labute approximate surface area is 297 Å². The van der Waals surface area contributed by atoms with Gasteiger partial charge in [-0.25, -0.2) is 0 Å². The molecule has 0 aliphatic heterocycles. The maximum atomic E-state index is 13.3. The van der Waals surface area contributed by atoms with Crippen molar-refractivity contribution in [2.24, 2.45) is 0 Å². The Hall–Kier alpha value is -4.48. The summed E-state index contributed by atoms with van der Waals surface area (Å²) in [5.74, 6) is 0. The summed E-state index contributed by atoms with van der Waals surface area (Å²) in [6.07, 6.45) is -8.71. The summed E-state index contributed by atoms with van der Waals surface area (Å²) in [7, 11) is 0. The molecule has 0 N–H and O–H groups in total. The van der Waals surface area contributed by atoms with Gasteiger partial charge >= 0.3 is 12.4 Å². The highest BCUT2D eigenvalue weighted by Gasteiger charge is 2.34. The second kappa shape index (κ2) is 11.5. The number of rotatable bonds is 4. The number of halogens is 6. The Kier molecular flexibility index (Phi) is 7.26. The van der Waals surface area contributed by atoms with Crippen LogP contribution in [0.15, 0.2) is 121 Å². The minimum atomic E-state index is -4.36. The molecule has 0 spiro atoms. The number of benzene rings is 5. The Balaban J connectivity index is 0.938. The van der Waals surface area contributed by atoms with Crippen molar-refractivity contribution in [2.45, 2.75) is 12.4 Å². The van der Waals surface area contributed by atoms with Crippen molar-refractivity contribution in [2.75, 3.05) is 0 Å². The normalized spacial score (nSPS) is 12.6. The fraction of sp³-hybridized carbons (Fsp3) is 0.0500. The molecular formula is C40H20F6S4. The van der Waals surface area contributed by atoms with E-state index in [1.807, 2.05) is 48.5 Å². The van der Waals surface area contributed by atoms with Crippen molar-refractivity contribution in [1.29, 1.82) is 0 Å². The number of alkyl halides is 6. The molecule has 246 valence electrons. The fourth-order valence-electron chi connectivity index (χ4n) is 6.33. The molecule has 9 aromatic rings. The molecule has 5 aromatic carbocycles. The van der Waals surface area contributed by atoms with Crippen LogP contribution in [0.2, 0.25) is 0 Å². The van der Waals surface area contributed by atoms with Crippen LogP contribution in [0.25, 0.3) is 83.5 Å². The molecule has 4 heterocycles. The van der Waals surface area contributed by atoms with Gasteiger partial charge in [0.05, 0.1) is 0 Å². The zero-order valence-corrected chi connectivity index (χ0v) is 28.7. The van der Waals surface area contributed by atoms with Crippen molar-refractivity contribution in [1.82, 2.24) is 0 Å². The van der Waals surface area contributed by atoms with Gasteiger partial charge in [0.15, 0.2) is 0 Å². The summed E-state index contributed by atoms with van der Waals surface area (Å²) >= 11 is 4.70. The van der Waals surface area contributed by atoms with Crippen molar-refractivity contribution >= 4 is 85.7 Å². The van der Waals surface area contributed by atoms with E-state index in [9.17, 15) is 26.3 Å². The van der Waals surface area contributed by atoms with E-state index in [2.05, 4.69) is 48.5 Å². The maximum Gasteiger partial charge on any atom is 0.425 e. The highest BCUT2D eigenvalue weighted by Crippen LogP contribution is 2.45. The van der Waals surface area contributed by atoms with E-state index in [1.165, 1.54) is 12.1 Å². The van der Waals surface area contributed by atoms with Gasteiger partial charge in [0, 0.05) is 50.1 Å². The Morgan fingerprint density at radius 1 is 0.300 bits per heavy atom. The lowest BCUT2D eigenvalue weighted by molar-refractivity contribution is -0.135. The lowest BCUT2D eigenvalue weighted by Crippen LogP contribution is -2.00. The average Bonchev–Trinajstić information content (AvgIpc) is 3.91. The van der Waals surface area contributed by atoms with Crippen LogP contribution in [0, 0.1) is 0 Å². The first kappa shape index (κ1) is 31.5. The molecule has 0 saturated carbocycles. The molecule has 10 heteroatoms. The first-order chi connectivity index (χ1) is 24.0. The molecule has 0 radical (unpaired) electrons. The lowest BCUT2D eigenvalue weighted by atomic mass is 9.98. The van der Waals surface area contributed by atoms with Crippen molar-refractivity contribution in [3.63, 3.8) is 0 Å². The van der Waals surface area contributed by atoms with E-state index in [0.29, 0.717) is 20.2 Å². The summed E-state index contributed by atoms with van der Waals surface area (Å²) in [5.41, 5.74) is 6.25. The van der Waals surface area contributed by atoms with Crippen LogP contribution in [-0.4, -0.2) is 0 Å². The van der Waals surface area contributed by atoms with Gasteiger partial charge in [-0.3, -0.25) is 0 Å². The largest absolute Gasteiger partial charge is 0.425 e. The predicted octanol–water partition coefficient (Wildman–Crippen LogP) is 15.3. The molecule has 0 aliphatic rings. The van der Waals surface area contributed by atoms with Crippen LogP contribution < -0.4 is 0 Å². The molecule has 0 bridgehead atoms. The molecule has 0 aliphatic carbocycles. The Morgan fingerprint density at radius 3 is 0.860 bits per heavy atom. The van der Waals surface area contributed by atoms with Gasteiger partial charge in [-0.2, -0.15) is 26.3 Å². The highest BCUT2D eigenvalue weighted by atomic mass is 32.1. The molecule has 50 heavy (non-hydrogen) atoms. The molecule has 0 atom stereocenters. The molecule has 9 rings (SSSR count). The molecular weight excluding hydrogens is 723 g/mol. The third kappa shape index (κ3) is 5.51. The molecule has 0 amide bonds. The summed E-state index contributed by atoms with van der Waals surface area (Å²) in [6.45, 7) is 0. The van der Waals surface area contributed by atoms with Crippen LogP contribution in [0.3, 0.4) is 0 Å². The SMILES string of the molecule is FC(F)(F)c1cc2c(ccc3sc(-c4ccc(-c5ccc(-c6ccc(-c7cc8c(ccc9sc(C(F)(F)F)cc98)s7)cc6)cc5)cc4)cc32)s1. The maximum absolute atomic E-state index is 13.3. The predicted molar refractivity (Wildman–Crippen MR) is 200 cm³/mol. The van der Waals surface area contributed by atoms with Crippen molar-refractivity contribution in [3.05, 3.63) is 131 Å². The second-order valence-electron chi connectivity index (χ2n) is 11.9. The number of hydrogen-bond acceptors (Lipinski definition) is 4. The summed E-state index contributed by atoms with van der Waals surface area (Å²) < 4.78 is 83.2. The van der Waals surface area contributed by atoms with Crippen LogP contribution in [-0.2, 0) is 12.4 Å². The zero-order chi connectivity index (χ0) is 34.4. The van der Waals surface area contributed by atoms with Crippen LogP contribution in [0.1, 0.15) is 9.75 Å². The molecule has 0 saturated heterocycles. The fourth-order valence-corrected chi connectivity index (χ4v) is 10.4. The quantitative estimate of drug-likeness (QED) is 0.158. The lowest BCUT2D eigenvalue weighted by Gasteiger charge is -2.07. The van der Waals surface area contributed by atoms with Crippen molar-refractivity contribution < 1.29 is 26.3 Å². The van der Waals surface area contributed by atoms with Gasteiger partial charge in [-0.05, 0) is 81.9 Å². The molecule has 0 nitrogen and oxygen atoms in total. The third-order valence-corrected chi connectivity index (χ3v) is 13.4. The molecule has 4 aromatic heterocycles. The third-order valence-electron chi connectivity index (χ3n) is 8.84. The van der Waals surface area contributed by atoms with Crippen LogP contribution >= 0.6 is 45.3 Å². The summed E-state index contributed by atoms with van der Waals surface area (Å²) in [4.78, 5) is 0.846. The van der Waals surface area contributed by atoms with E-state index >= 15 is 0 Å². The topological polar surface area (TPSA) is 0 Å². The Bertz CT molecular complexity index is 2510. The number of hydrogen-bond donors (Lipinski definition) is 0. The summed E-state index contributed by atoms with van der Waals surface area (Å²) in [5, 5.41) is 2.96. The molecule has 0 fully saturated rings. The zero-order valence-electron chi connectivity index (χ0n) is 25.4. The van der Waals surface area contributed by atoms with Crippen molar-refractivity contribution in [3.8, 4) is 43.1 Å². The van der Waals surface area contributed by atoms with Gasteiger partial charge in [-0.1, -0.05) is 72.8 Å². The van der Waals surface area contributed by atoms with Gasteiger partial charge < -0.3 is 0 Å². The van der Waals surface area contributed by atoms with Gasteiger partial charge in [0.25, 0.3) is 0 Å². The summed E-state index contributed by atoms with van der Waals surface area (Å²) in [6, 6.07) is 38.6. The minimum absolute atomic E-state index is 0.580. The van der Waals surface area contributed by atoms with Gasteiger partial charge in [0.2, 0.25) is 0 Å². The van der Waals surface area contributed by atoms with Gasteiger partial charge in [-0.15, -0.1) is 45.3 Å². The first-order valence-corrected chi connectivity index (χ1v) is 18.6. The molecule has 0 unspecified atom stereocenters. The van der Waals surface area contributed by atoms with Crippen LogP contribution in [0.5, 0.6) is 0 Å². The van der Waals surface area contributed by atoms with E-state index in [-0.39, 0.29) is 0 Å². The van der Waals surface area contributed by atoms with E-state index in [4.69, 9.17) is 0 Å². The van der Waals surface area contributed by atoms with E-state index in [1.54, 1.807) is 34.8 Å². The standard InChI is InChI=1S/C40H20F6S4/c41-39(42,43)37-19-29-27-17-35(47-31(27)13-15-33(29)49-37)25-9-5-23(6-10-25)21-1-2-22(4-3-21)24-7-11-26(12-8-24)36-18-28-30-20-38(40(44,45)46)50-34(30)16-14-32(28)48-36/h1-20H. The smallest absolute Gasteiger partial charge is 0.165 e. The van der Waals surface area contributed by atoms with E-state index < -0.39 is 22.1 Å². The average molecular weight is 743 g/mol. The van der Waals surface area contributed by atoms with Gasteiger partial charge in [0.1, 0.15) is 9.75 Å². The first-order valence-electron chi connectivity index (χ1n) is 15.4. The number of thiophene rings is 4. The minimum Gasteiger partial charge on any atom is -0.165 e.